The SMILES string of the molecule is CCn1ncc2c(C(=O)Nc3cc(F)ccc3C)cc(-c3cccs3)nc21. The fourth-order valence-corrected chi connectivity index (χ4v) is 3.62. The molecule has 0 atom stereocenters. The Kier molecular flexibility index (Phi) is 4.45. The largest absolute Gasteiger partial charge is 0.322 e. The molecule has 0 saturated carbocycles. The van der Waals surface area contributed by atoms with Crippen molar-refractivity contribution in [1.29, 1.82) is 0 Å². The van der Waals surface area contributed by atoms with Gasteiger partial charge in [0.15, 0.2) is 5.65 Å². The Labute approximate surface area is 159 Å². The van der Waals surface area contributed by atoms with E-state index in [1.165, 1.54) is 12.1 Å². The molecule has 5 nitrogen and oxygen atoms in total. The number of rotatable bonds is 4. The Balaban J connectivity index is 1.83. The van der Waals surface area contributed by atoms with E-state index in [1.807, 2.05) is 31.4 Å². The molecule has 3 heterocycles. The second-order valence-electron chi connectivity index (χ2n) is 6.14. The summed E-state index contributed by atoms with van der Waals surface area (Å²) in [5.74, 6) is -0.710. The van der Waals surface area contributed by atoms with Crippen LogP contribution in [-0.2, 0) is 6.54 Å². The molecular formula is C20H17FN4OS. The van der Waals surface area contributed by atoms with Gasteiger partial charge in [-0.15, -0.1) is 11.3 Å². The number of hydrogen-bond acceptors (Lipinski definition) is 4. The number of hydrogen-bond donors (Lipinski definition) is 1. The van der Waals surface area contributed by atoms with Gasteiger partial charge in [0, 0.05) is 12.2 Å². The third-order valence-corrected chi connectivity index (χ3v) is 5.27. The van der Waals surface area contributed by atoms with Crippen molar-refractivity contribution in [2.45, 2.75) is 20.4 Å². The lowest BCUT2D eigenvalue weighted by Gasteiger charge is -2.10. The summed E-state index contributed by atoms with van der Waals surface area (Å²) < 4.78 is 15.3. The first-order chi connectivity index (χ1) is 13.1. The van der Waals surface area contributed by atoms with Gasteiger partial charge < -0.3 is 5.32 Å². The highest BCUT2D eigenvalue weighted by atomic mass is 32.1. The molecule has 7 heteroatoms. The first-order valence-electron chi connectivity index (χ1n) is 8.54. The molecule has 1 N–H and O–H groups in total. The maximum atomic E-state index is 13.6. The van der Waals surface area contributed by atoms with E-state index in [-0.39, 0.29) is 5.91 Å². The van der Waals surface area contributed by atoms with E-state index in [4.69, 9.17) is 4.98 Å². The number of thiophene rings is 1. The molecule has 0 aliphatic heterocycles. The number of carbonyl (C=O) groups is 1. The van der Waals surface area contributed by atoms with Crippen LogP contribution in [0.5, 0.6) is 0 Å². The van der Waals surface area contributed by atoms with Crippen LogP contribution in [0.1, 0.15) is 22.8 Å². The molecule has 0 aliphatic carbocycles. The van der Waals surface area contributed by atoms with Crippen molar-refractivity contribution in [3.63, 3.8) is 0 Å². The quantitative estimate of drug-likeness (QED) is 0.549. The molecule has 1 aromatic carbocycles. The minimum Gasteiger partial charge on any atom is -0.322 e. The van der Waals surface area contributed by atoms with Crippen molar-refractivity contribution in [2.75, 3.05) is 5.32 Å². The molecule has 4 aromatic rings. The molecule has 4 rings (SSSR count). The highest BCUT2D eigenvalue weighted by Gasteiger charge is 2.18. The Bertz CT molecular complexity index is 1130. The number of carbonyl (C=O) groups excluding carboxylic acids is 1. The summed E-state index contributed by atoms with van der Waals surface area (Å²) in [6, 6.07) is 10.00. The zero-order valence-corrected chi connectivity index (χ0v) is 15.7. The van der Waals surface area contributed by atoms with E-state index >= 15 is 0 Å². The van der Waals surface area contributed by atoms with Crippen LogP contribution in [0.2, 0.25) is 0 Å². The number of nitrogens with zero attached hydrogens (tertiary/aromatic N) is 3. The fraction of sp³-hybridized carbons (Fsp3) is 0.150. The van der Waals surface area contributed by atoms with Gasteiger partial charge in [0.05, 0.1) is 27.7 Å². The molecule has 0 aliphatic rings. The fourth-order valence-electron chi connectivity index (χ4n) is 2.94. The van der Waals surface area contributed by atoms with E-state index in [1.54, 1.807) is 34.3 Å². The molecule has 136 valence electrons. The van der Waals surface area contributed by atoms with E-state index in [0.717, 1.165) is 10.4 Å². The third kappa shape index (κ3) is 3.21. The van der Waals surface area contributed by atoms with E-state index in [0.29, 0.717) is 34.5 Å². The smallest absolute Gasteiger partial charge is 0.256 e. The van der Waals surface area contributed by atoms with Gasteiger partial charge in [0.25, 0.3) is 5.91 Å². The van der Waals surface area contributed by atoms with Crippen LogP contribution in [-0.4, -0.2) is 20.7 Å². The van der Waals surface area contributed by atoms with Crippen molar-refractivity contribution < 1.29 is 9.18 Å². The summed E-state index contributed by atoms with van der Waals surface area (Å²) in [4.78, 5) is 18.7. The summed E-state index contributed by atoms with van der Waals surface area (Å²) in [7, 11) is 0. The van der Waals surface area contributed by atoms with Crippen molar-refractivity contribution in [1.82, 2.24) is 14.8 Å². The summed E-state index contributed by atoms with van der Waals surface area (Å²) in [6.45, 7) is 4.44. The molecule has 0 saturated heterocycles. The van der Waals surface area contributed by atoms with E-state index in [9.17, 15) is 9.18 Å². The molecule has 0 bridgehead atoms. The van der Waals surface area contributed by atoms with E-state index in [2.05, 4.69) is 10.4 Å². The van der Waals surface area contributed by atoms with Crippen LogP contribution >= 0.6 is 11.3 Å². The number of fused-ring (bicyclic) bond motifs is 1. The van der Waals surface area contributed by atoms with Gasteiger partial charge in [-0.05, 0) is 49.1 Å². The standard InChI is InChI=1S/C20H17FN4OS/c1-3-25-19-15(11-22-25)14(10-17(23-19)18-5-4-8-27-18)20(26)24-16-9-13(21)7-6-12(16)2/h4-11H,3H2,1-2H3,(H,24,26). The predicted octanol–water partition coefficient (Wildman–Crippen LogP) is 4.88. The van der Waals surface area contributed by atoms with Crippen molar-refractivity contribution in [2.24, 2.45) is 0 Å². The number of anilines is 1. The van der Waals surface area contributed by atoms with Gasteiger partial charge in [0.2, 0.25) is 0 Å². The number of benzene rings is 1. The monoisotopic (exact) mass is 380 g/mol. The van der Waals surface area contributed by atoms with Crippen LogP contribution in [0.25, 0.3) is 21.6 Å². The lowest BCUT2D eigenvalue weighted by Crippen LogP contribution is -2.14. The lowest BCUT2D eigenvalue weighted by atomic mass is 10.1. The maximum absolute atomic E-state index is 13.6. The molecule has 1 amide bonds. The minimum absolute atomic E-state index is 0.315. The Hall–Kier alpha value is -3.06. The summed E-state index contributed by atoms with van der Waals surface area (Å²) >= 11 is 1.56. The minimum atomic E-state index is -0.395. The van der Waals surface area contributed by atoms with Gasteiger partial charge in [-0.2, -0.15) is 5.10 Å². The van der Waals surface area contributed by atoms with Gasteiger partial charge in [-0.25, -0.2) is 14.1 Å². The predicted molar refractivity (Wildman–Crippen MR) is 106 cm³/mol. The summed E-state index contributed by atoms with van der Waals surface area (Å²) in [6.07, 6.45) is 1.65. The van der Waals surface area contributed by atoms with Gasteiger partial charge >= 0.3 is 0 Å². The zero-order chi connectivity index (χ0) is 19.0. The van der Waals surface area contributed by atoms with Crippen molar-refractivity contribution in [3.8, 4) is 10.6 Å². The average molecular weight is 380 g/mol. The maximum Gasteiger partial charge on any atom is 0.256 e. The third-order valence-electron chi connectivity index (χ3n) is 4.37. The van der Waals surface area contributed by atoms with Crippen LogP contribution in [0, 0.1) is 12.7 Å². The van der Waals surface area contributed by atoms with Crippen molar-refractivity contribution in [3.05, 3.63) is 64.9 Å². The number of halogens is 1. The molecule has 0 unspecified atom stereocenters. The van der Waals surface area contributed by atoms with Gasteiger partial charge in [0.1, 0.15) is 5.82 Å². The molecule has 3 aromatic heterocycles. The Morgan fingerprint density at radius 1 is 1.30 bits per heavy atom. The summed E-state index contributed by atoms with van der Waals surface area (Å²) in [5.41, 5.74) is 3.08. The van der Waals surface area contributed by atoms with Crippen LogP contribution < -0.4 is 5.32 Å². The molecule has 0 fully saturated rings. The molecule has 27 heavy (non-hydrogen) atoms. The van der Waals surface area contributed by atoms with Crippen LogP contribution in [0.4, 0.5) is 10.1 Å². The first-order valence-corrected chi connectivity index (χ1v) is 9.42. The topological polar surface area (TPSA) is 59.8 Å². The van der Waals surface area contributed by atoms with Gasteiger partial charge in [-0.3, -0.25) is 4.79 Å². The zero-order valence-electron chi connectivity index (χ0n) is 14.9. The normalized spacial score (nSPS) is 11.1. The first kappa shape index (κ1) is 17.4. The van der Waals surface area contributed by atoms with Crippen LogP contribution in [0.3, 0.4) is 0 Å². The van der Waals surface area contributed by atoms with Crippen LogP contribution in [0.15, 0.2) is 48.0 Å². The second-order valence-corrected chi connectivity index (χ2v) is 7.09. The Morgan fingerprint density at radius 2 is 2.15 bits per heavy atom. The molecular weight excluding hydrogens is 363 g/mol. The Morgan fingerprint density at radius 3 is 2.89 bits per heavy atom. The number of amides is 1. The lowest BCUT2D eigenvalue weighted by molar-refractivity contribution is 0.102. The summed E-state index contributed by atoms with van der Waals surface area (Å²) in [5, 5.41) is 9.79. The molecule has 0 spiro atoms. The number of aromatic nitrogens is 3. The number of pyridine rings is 1. The number of nitrogens with one attached hydrogen (secondary N) is 1. The highest BCUT2D eigenvalue weighted by Crippen LogP contribution is 2.28. The highest BCUT2D eigenvalue weighted by molar-refractivity contribution is 7.13. The number of aryl methyl sites for hydroxylation is 2. The van der Waals surface area contributed by atoms with Crippen molar-refractivity contribution >= 4 is 34.0 Å². The second kappa shape index (κ2) is 6.92. The molecule has 0 radical (unpaired) electrons. The average Bonchev–Trinajstić information content (AvgIpc) is 3.33. The van der Waals surface area contributed by atoms with E-state index < -0.39 is 5.82 Å². The van der Waals surface area contributed by atoms with Gasteiger partial charge in [-0.1, -0.05) is 12.1 Å².